The lowest BCUT2D eigenvalue weighted by atomic mass is 9.97. The maximum atomic E-state index is 13.1. The Morgan fingerprint density at radius 3 is 2.41 bits per heavy atom. The monoisotopic (exact) mass is 437 g/mol. The number of anilines is 1. The lowest BCUT2D eigenvalue weighted by Crippen LogP contribution is -2.53. The maximum absolute atomic E-state index is 13.1. The van der Waals surface area contributed by atoms with Crippen LogP contribution in [0.25, 0.3) is 0 Å². The molecule has 9 heteroatoms. The summed E-state index contributed by atoms with van der Waals surface area (Å²) in [5.41, 5.74) is 0.949. The Labute approximate surface area is 174 Å². The molecule has 2 aliphatic rings. The molecule has 1 aromatic heterocycles. The number of rotatable bonds is 4. The average molecular weight is 438 g/mol. The van der Waals surface area contributed by atoms with Crippen LogP contribution in [0, 0.1) is 11.7 Å². The Morgan fingerprint density at radius 2 is 1.76 bits per heavy atom. The molecule has 0 aliphatic carbocycles. The SMILES string of the molecule is O=C([C@@H]1CCCN(S(=O)(=O)c2cccs2)C1)N1CCN(c2ccc(F)cc2)CC1. The van der Waals surface area contributed by atoms with Gasteiger partial charge in [0, 0.05) is 45.0 Å². The van der Waals surface area contributed by atoms with E-state index in [1.807, 2.05) is 4.90 Å². The largest absolute Gasteiger partial charge is 0.368 e. The molecule has 2 fully saturated rings. The van der Waals surface area contributed by atoms with E-state index in [2.05, 4.69) is 4.90 Å². The second-order valence-electron chi connectivity index (χ2n) is 7.42. The fourth-order valence-corrected chi connectivity index (χ4v) is 6.66. The van der Waals surface area contributed by atoms with E-state index in [0.717, 1.165) is 5.69 Å². The van der Waals surface area contributed by atoms with Crippen molar-refractivity contribution in [1.29, 1.82) is 0 Å². The van der Waals surface area contributed by atoms with Gasteiger partial charge in [0.05, 0.1) is 5.92 Å². The van der Waals surface area contributed by atoms with Crippen molar-refractivity contribution in [3.8, 4) is 0 Å². The highest BCUT2D eigenvalue weighted by Crippen LogP contribution is 2.27. The number of thiophene rings is 1. The second-order valence-corrected chi connectivity index (χ2v) is 10.5. The van der Waals surface area contributed by atoms with E-state index in [1.165, 1.54) is 27.8 Å². The fraction of sp³-hybridized carbons (Fsp3) is 0.450. The molecule has 2 saturated heterocycles. The predicted molar refractivity (Wildman–Crippen MR) is 111 cm³/mol. The van der Waals surface area contributed by atoms with Gasteiger partial charge in [-0.15, -0.1) is 11.3 Å². The lowest BCUT2D eigenvalue weighted by Gasteiger charge is -2.39. The minimum atomic E-state index is -3.52. The number of hydrogen-bond acceptors (Lipinski definition) is 5. The van der Waals surface area contributed by atoms with Crippen LogP contribution < -0.4 is 4.90 Å². The molecule has 0 saturated carbocycles. The van der Waals surface area contributed by atoms with E-state index in [9.17, 15) is 17.6 Å². The number of benzene rings is 1. The van der Waals surface area contributed by atoms with Crippen molar-refractivity contribution in [3.63, 3.8) is 0 Å². The molecule has 2 aliphatic heterocycles. The number of sulfonamides is 1. The molecule has 2 aromatic rings. The summed E-state index contributed by atoms with van der Waals surface area (Å²) in [6, 6.07) is 9.72. The number of nitrogens with zero attached hydrogens (tertiary/aromatic N) is 3. The van der Waals surface area contributed by atoms with Crippen molar-refractivity contribution >= 4 is 33.0 Å². The zero-order chi connectivity index (χ0) is 20.4. The number of amides is 1. The Kier molecular flexibility index (Phi) is 5.89. The summed E-state index contributed by atoms with van der Waals surface area (Å²) < 4.78 is 40.5. The van der Waals surface area contributed by atoms with Gasteiger partial charge < -0.3 is 9.80 Å². The van der Waals surface area contributed by atoms with Crippen LogP contribution in [0.1, 0.15) is 12.8 Å². The Bertz CT molecular complexity index is 940. The molecule has 6 nitrogen and oxygen atoms in total. The van der Waals surface area contributed by atoms with Crippen LogP contribution >= 0.6 is 11.3 Å². The summed E-state index contributed by atoms with van der Waals surface area (Å²) in [7, 11) is -3.52. The number of halogens is 1. The number of hydrogen-bond donors (Lipinski definition) is 0. The van der Waals surface area contributed by atoms with E-state index in [4.69, 9.17) is 0 Å². The maximum Gasteiger partial charge on any atom is 0.252 e. The summed E-state index contributed by atoms with van der Waals surface area (Å²) >= 11 is 1.21. The van der Waals surface area contributed by atoms with Crippen molar-refractivity contribution in [2.24, 2.45) is 5.92 Å². The Balaban J connectivity index is 1.37. The topological polar surface area (TPSA) is 60.9 Å². The molecule has 0 radical (unpaired) electrons. The van der Waals surface area contributed by atoms with Gasteiger partial charge in [-0.1, -0.05) is 6.07 Å². The van der Waals surface area contributed by atoms with Gasteiger partial charge in [0.15, 0.2) is 0 Å². The van der Waals surface area contributed by atoms with E-state index < -0.39 is 10.0 Å². The normalized spacial score (nSPS) is 21.3. The zero-order valence-corrected chi connectivity index (χ0v) is 17.7. The van der Waals surface area contributed by atoms with Crippen LogP contribution in [0.15, 0.2) is 46.0 Å². The highest BCUT2D eigenvalue weighted by molar-refractivity contribution is 7.91. The standard InChI is InChI=1S/C20H24FN3O3S2/c21-17-5-7-18(8-6-17)22-10-12-23(13-11-22)20(25)16-3-1-9-24(15-16)29(26,27)19-4-2-14-28-19/h2,4-8,14,16H,1,3,9-13,15H2/t16-/m1/s1. The third kappa shape index (κ3) is 4.31. The minimum Gasteiger partial charge on any atom is -0.368 e. The molecule has 3 heterocycles. The Hall–Kier alpha value is -1.97. The number of piperidine rings is 1. The first-order valence-electron chi connectivity index (χ1n) is 9.78. The molecule has 29 heavy (non-hydrogen) atoms. The number of carbonyl (C=O) groups excluding carboxylic acids is 1. The fourth-order valence-electron chi connectivity index (χ4n) is 3.99. The third-order valence-corrected chi connectivity index (χ3v) is 8.84. The number of carbonyl (C=O) groups is 1. The third-order valence-electron chi connectivity index (χ3n) is 5.61. The molecule has 1 aromatic carbocycles. The Morgan fingerprint density at radius 1 is 1.03 bits per heavy atom. The summed E-state index contributed by atoms with van der Waals surface area (Å²) in [5.74, 6) is -0.521. The predicted octanol–water partition coefficient (Wildman–Crippen LogP) is 2.64. The molecular weight excluding hydrogens is 413 g/mol. The van der Waals surface area contributed by atoms with Gasteiger partial charge in [0.25, 0.3) is 10.0 Å². The van der Waals surface area contributed by atoms with Crippen LogP contribution in [0.3, 0.4) is 0 Å². The molecule has 0 bridgehead atoms. The number of piperazine rings is 1. The van der Waals surface area contributed by atoms with Gasteiger partial charge in [0.1, 0.15) is 10.0 Å². The molecule has 4 rings (SSSR count). The molecule has 1 atom stereocenters. The summed E-state index contributed by atoms with van der Waals surface area (Å²) in [6.07, 6.45) is 1.41. The molecule has 0 N–H and O–H groups in total. The van der Waals surface area contributed by atoms with E-state index in [-0.39, 0.29) is 24.2 Å². The molecule has 1 amide bonds. The minimum absolute atomic E-state index is 0.0369. The summed E-state index contributed by atoms with van der Waals surface area (Å²) in [4.78, 5) is 17.0. The van der Waals surface area contributed by atoms with Gasteiger partial charge in [-0.2, -0.15) is 4.31 Å². The van der Waals surface area contributed by atoms with Crippen LogP contribution in [0.4, 0.5) is 10.1 Å². The zero-order valence-electron chi connectivity index (χ0n) is 16.0. The van der Waals surface area contributed by atoms with Gasteiger partial charge in [-0.3, -0.25) is 4.79 Å². The van der Waals surface area contributed by atoms with Gasteiger partial charge >= 0.3 is 0 Å². The van der Waals surface area contributed by atoms with Crippen molar-refractivity contribution < 1.29 is 17.6 Å². The van der Waals surface area contributed by atoms with Gasteiger partial charge in [0.2, 0.25) is 5.91 Å². The van der Waals surface area contributed by atoms with E-state index >= 15 is 0 Å². The highest BCUT2D eigenvalue weighted by atomic mass is 32.2. The van der Waals surface area contributed by atoms with E-state index in [0.29, 0.717) is 49.8 Å². The average Bonchev–Trinajstić information content (AvgIpc) is 3.30. The van der Waals surface area contributed by atoms with Crippen LogP contribution in [-0.4, -0.2) is 62.8 Å². The first-order valence-corrected chi connectivity index (χ1v) is 12.1. The van der Waals surface area contributed by atoms with Crippen molar-refractivity contribution in [3.05, 3.63) is 47.6 Å². The highest BCUT2D eigenvalue weighted by Gasteiger charge is 2.36. The van der Waals surface area contributed by atoms with Crippen molar-refractivity contribution in [2.75, 3.05) is 44.2 Å². The van der Waals surface area contributed by atoms with Crippen LogP contribution in [0.2, 0.25) is 0 Å². The molecule has 0 spiro atoms. The second kappa shape index (κ2) is 8.41. The molecule has 0 unspecified atom stereocenters. The first kappa shape index (κ1) is 20.3. The van der Waals surface area contributed by atoms with Crippen molar-refractivity contribution in [1.82, 2.24) is 9.21 Å². The van der Waals surface area contributed by atoms with Gasteiger partial charge in [-0.05, 0) is 48.6 Å². The van der Waals surface area contributed by atoms with E-state index in [1.54, 1.807) is 29.6 Å². The quantitative estimate of drug-likeness (QED) is 0.738. The smallest absolute Gasteiger partial charge is 0.252 e. The molecule has 156 valence electrons. The first-order chi connectivity index (χ1) is 13.9. The summed E-state index contributed by atoms with van der Waals surface area (Å²) in [5, 5.41) is 1.75. The van der Waals surface area contributed by atoms with Gasteiger partial charge in [-0.25, -0.2) is 12.8 Å². The van der Waals surface area contributed by atoms with Crippen molar-refractivity contribution in [2.45, 2.75) is 17.1 Å². The van der Waals surface area contributed by atoms with Crippen LogP contribution in [0.5, 0.6) is 0 Å². The molecular formula is C20H24FN3O3S2. The lowest BCUT2D eigenvalue weighted by molar-refractivity contribution is -0.137. The van der Waals surface area contributed by atoms with Crippen LogP contribution in [-0.2, 0) is 14.8 Å². The summed E-state index contributed by atoms with van der Waals surface area (Å²) in [6.45, 7) is 3.25.